The molecule has 1 aliphatic rings. The van der Waals surface area contributed by atoms with Gasteiger partial charge in [-0.25, -0.2) is 8.42 Å². The molecule has 0 heterocycles. The minimum atomic E-state index is -3.76. The van der Waals surface area contributed by atoms with Gasteiger partial charge in [-0.05, 0) is 68.0 Å². The van der Waals surface area contributed by atoms with Crippen molar-refractivity contribution in [1.82, 2.24) is 10.2 Å². The van der Waals surface area contributed by atoms with Crippen molar-refractivity contribution >= 4 is 43.5 Å². The maximum atomic E-state index is 13.8. The first-order chi connectivity index (χ1) is 17.0. The molecule has 196 valence electrons. The second-order valence-electron chi connectivity index (χ2n) is 9.57. The third kappa shape index (κ3) is 7.09. The maximum Gasteiger partial charge on any atom is 0.244 e. The van der Waals surface area contributed by atoms with Crippen molar-refractivity contribution in [2.45, 2.75) is 71.5 Å². The molecular weight excluding hydrogens is 542 g/mol. The Morgan fingerprint density at radius 3 is 2.33 bits per heavy atom. The summed E-state index contributed by atoms with van der Waals surface area (Å²) in [4.78, 5) is 28.7. The van der Waals surface area contributed by atoms with Crippen LogP contribution in [-0.4, -0.2) is 50.0 Å². The summed E-state index contributed by atoms with van der Waals surface area (Å²) in [6, 6.07) is 12.3. The smallest absolute Gasteiger partial charge is 0.244 e. The van der Waals surface area contributed by atoms with Crippen LogP contribution < -0.4 is 9.62 Å². The first-order valence-electron chi connectivity index (χ1n) is 12.4. The molecule has 2 aromatic carbocycles. The molecule has 36 heavy (non-hydrogen) atoms. The van der Waals surface area contributed by atoms with Crippen molar-refractivity contribution in [3.8, 4) is 0 Å². The quantitative estimate of drug-likeness (QED) is 0.443. The fourth-order valence-corrected chi connectivity index (χ4v) is 5.74. The van der Waals surface area contributed by atoms with Gasteiger partial charge in [-0.1, -0.05) is 60.0 Å². The van der Waals surface area contributed by atoms with Gasteiger partial charge in [0.05, 0.1) is 11.9 Å². The van der Waals surface area contributed by atoms with E-state index in [1.54, 1.807) is 18.2 Å². The predicted molar refractivity (Wildman–Crippen MR) is 147 cm³/mol. The molecule has 3 rings (SSSR count). The van der Waals surface area contributed by atoms with Crippen molar-refractivity contribution in [3.05, 3.63) is 63.6 Å². The van der Waals surface area contributed by atoms with E-state index < -0.39 is 22.0 Å². The van der Waals surface area contributed by atoms with Gasteiger partial charge in [-0.15, -0.1) is 0 Å². The molecule has 9 heteroatoms. The van der Waals surface area contributed by atoms with Gasteiger partial charge >= 0.3 is 0 Å². The standard InChI is InChI=1S/C27H36BrN3O4S/c1-5-25(27(33)29-22-12-8-9-13-22)30(17-21-11-7-6-10-19(21)2)26(32)18-31(36(4,34)35)23-14-15-24(28)20(3)16-23/h6-7,10-11,14-16,22,25H,5,8-9,12-13,17-18H2,1-4H3,(H,29,33)/t25-/m1/s1. The van der Waals surface area contributed by atoms with Crippen LogP contribution in [0.4, 0.5) is 5.69 Å². The van der Waals surface area contributed by atoms with Crippen LogP contribution in [0.5, 0.6) is 0 Å². The average molecular weight is 579 g/mol. The summed E-state index contributed by atoms with van der Waals surface area (Å²) < 4.78 is 27.5. The lowest BCUT2D eigenvalue weighted by molar-refractivity contribution is -0.140. The lowest BCUT2D eigenvalue weighted by Gasteiger charge is -2.33. The first kappa shape index (κ1) is 28.2. The summed E-state index contributed by atoms with van der Waals surface area (Å²) in [5, 5.41) is 3.12. The number of nitrogens with zero attached hydrogens (tertiary/aromatic N) is 2. The molecule has 1 fully saturated rings. The third-order valence-electron chi connectivity index (χ3n) is 6.80. The van der Waals surface area contributed by atoms with E-state index in [4.69, 9.17) is 0 Å². The lowest BCUT2D eigenvalue weighted by atomic mass is 10.1. The maximum absolute atomic E-state index is 13.8. The molecule has 0 saturated heterocycles. The zero-order valence-corrected chi connectivity index (χ0v) is 23.9. The highest BCUT2D eigenvalue weighted by atomic mass is 79.9. The molecule has 1 aliphatic carbocycles. The highest BCUT2D eigenvalue weighted by Gasteiger charge is 2.33. The van der Waals surface area contributed by atoms with Crippen molar-refractivity contribution < 1.29 is 18.0 Å². The Bertz CT molecular complexity index is 1200. The molecule has 0 aromatic heterocycles. The number of hydrogen-bond acceptors (Lipinski definition) is 4. The Hall–Kier alpha value is -2.39. The second kappa shape index (κ2) is 12.2. The van der Waals surface area contributed by atoms with Crippen LogP contribution in [0.2, 0.25) is 0 Å². The largest absolute Gasteiger partial charge is 0.352 e. The van der Waals surface area contributed by atoms with Crippen LogP contribution >= 0.6 is 15.9 Å². The second-order valence-corrected chi connectivity index (χ2v) is 12.3. The Kier molecular flexibility index (Phi) is 9.58. The average Bonchev–Trinajstić information content (AvgIpc) is 3.32. The summed E-state index contributed by atoms with van der Waals surface area (Å²) in [6.45, 7) is 5.53. The number of sulfonamides is 1. The van der Waals surface area contributed by atoms with Crippen molar-refractivity contribution in [1.29, 1.82) is 0 Å². The molecule has 7 nitrogen and oxygen atoms in total. The van der Waals surface area contributed by atoms with E-state index in [0.29, 0.717) is 12.1 Å². The van der Waals surface area contributed by atoms with E-state index in [-0.39, 0.29) is 25.0 Å². The summed E-state index contributed by atoms with van der Waals surface area (Å²) in [5.41, 5.74) is 3.19. The van der Waals surface area contributed by atoms with Crippen molar-refractivity contribution in [2.75, 3.05) is 17.1 Å². The van der Waals surface area contributed by atoms with Gasteiger partial charge in [0.2, 0.25) is 21.8 Å². The normalized spacial score (nSPS) is 14.9. The van der Waals surface area contributed by atoms with Gasteiger partial charge in [0, 0.05) is 17.1 Å². The molecule has 2 aromatic rings. The fourth-order valence-electron chi connectivity index (χ4n) is 4.66. The number of aryl methyl sites for hydroxylation is 2. The molecule has 2 amide bonds. The van der Waals surface area contributed by atoms with E-state index >= 15 is 0 Å². The number of anilines is 1. The predicted octanol–water partition coefficient (Wildman–Crippen LogP) is 4.70. The number of carbonyl (C=O) groups excluding carboxylic acids is 2. The Balaban J connectivity index is 1.94. The molecule has 0 bridgehead atoms. The van der Waals surface area contributed by atoms with Gasteiger partial charge in [-0.2, -0.15) is 0 Å². The van der Waals surface area contributed by atoms with Gasteiger partial charge in [-0.3, -0.25) is 13.9 Å². The van der Waals surface area contributed by atoms with Crippen LogP contribution in [0.25, 0.3) is 0 Å². The molecular formula is C27H36BrN3O4S. The number of rotatable bonds is 10. The van der Waals surface area contributed by atoms with Crippen molar-refractivity contribution in [3.63, 3.8) is 0 Å². The number of nitrogens with one attached hydrogen (secondary N) is 1. The summed E-state index contributed by atoms with van der Waals surface area (Å²) in [7, 11) is -3.76. The van der Waals surface area contributed by atoms with Gasteiger partial charge in [0.15, 0.2) is 0 Å². The number of halogens is 1. The zero-order chi connectivity index (χ0) is 26.5. The minimum Gasteiger partial charge on any atom is -0.352 e. The van der Waals surface area contributed by atoms with Gasteiger partial charge in [0.25, 0.3) is 0 Å². The highest BCUT2D eigenvalue weighted by Crippen LogP contribution is 2.26. The third-order valence-corrected chi connectivity index (χ3v) is 8.83. The Morgan fingerprint density at radius 2 is 1.75 bits per heavy atom. The molecule has 1 atom stereocenters. The van der Waals surface area contributed by atoms with E-state index in [1.807, 2.05) is 45.0 Å². The van der Waals surface area contributed by atoms with E-state index in [9.17, 15) is 18.0 Å². The fraction of sp³-hybridized carbons (Fsp3) is 0.481. The molecule has 1 N–H and O–H groups in total. The summed E-state index contributed by atoms with van der Waals surface area (Å²) in [5.74, 6) is -0.602. The number of hydrogen-bond donors (Lipinski definition) is 1. The summed E-state index contributed by atoms with van der Waals surface area (Å²) >= 11 is 3.44. The number of carbonyl (C=O) groups is 2. The highest BCUT2D eigenvalue weighted by molar-refractivity contribution is 9.10. The van der Waals surface area contributed by atoms with E-state index in [0.717, 1.165) is 57.4 Å². The Morgan fingerprint density at radius 1 is 1.08 bits per heavy atom. The number of amides is 2. The first-order valence-corrected chi connectivity index (χ1v) is 15.0. The van der Waals surface area contributed by atoms with Crippen LogP contribution in [0.15, 0.2) is 46.9 Å². The Labute approximate surface area is 223 Å². The molecule has 0 radical (unpaired) electrons. The molecule has 0 unspecified atom stereocenters. The molecule has 0 aliphatic heterocycles. The van der Waals surface area contributed by atoms with Gasteiger partial charge < -0.3 is 10.2 Å². The van der Waals surface area contributed by atoms with Crippen LogP contribution in [0.1, 0.15) is 55.7 Å². The van der Waals surface area contributed by atoms with Crippen LogP contribution in [0, 0.1) is 13.8 Å². The van der Waals surface area contributed by atoms with Crippen LogP contribution in [-0.2, 0) is 26.2 Å². The minimum absolute atomic E-state index is 0.125. The zero-order valence-electron chi connectivity index (χ0n) is 21.5. The van der Waals surface area contributed by atoms with Gasteiger partial charge in [0.1, 0.15) is 12.6 Å². The number of benzene rings is 2. The lowest BCUT2D eigenvalue weighted by Crippen LogP contribution is -2.53. The molecule has 0 spiro atoms. The van der Waals surface area contributed by atoms with E-state index in [1.165, 1.54) is 4.90 Å². The summed E-state index contributed by atoms with van der Waals surface area (Å²) in [6.07, 6.45) is 5.57. The SMILES string of the molecule is CC[C@H](C(=O)NC1CCCC1)N(Cc1ccccc1C)C(=O)CN(c1ccc(Br)c(C)c1)S(C)(=O)=O. The monoisotopic (exact) mass is 577 g/mol. The van der Waals surface area contributed by atoms with Crippen LogP contribution in [0.3, 0.4) is 0 Å². The topological polar surface area (TPSA) is 86.8 Å². The van der Waals surface area contributed by atoms with Crippen molar-refractivity contribution in [2.24, 2.45) is 0 Å². The molecule has 1 saturated carbocycles. The van der Waals surface area contributed by atoms with E-state index in [2.05, 4.69) is 21.2 Å².